The standard InChI is InChI=1S/C20H23F3N2O/c21-20(22,23)11-10-19(25-14-12-24-13-15-25)16-6-8-18(9-7-16)26-17-4-2-1-3-5-17/h1-9,19,24H,10-15H2/t19-/m1/s1. The molecular formula is C20H23F3N2O. The number of alkyl halides is 3. The zero-order chi connectivity index (χ0) is 18.4. The van der Waals surface area contributed by atoms with Gasteiger partial charge in [-0.05, 0) is 36.2 Å². The summed E-state index contributed by atoms with van der Waals surface area (Å²) < 4.78 is 44.0. The predicted octanol–water partition coefficient (Wildman–Crippen LogP) is 4.77. The van der Waals surface area contributed by atoms with E-state index in [2.05, 4.69) is 10.2 Å². The molecule has 1 aliphatic heterocycles. The molecular weight excluding hydrogens is 341 g/mol. The average molecular weight is 364 g/mol. The number of ether oxygens (including phenoxy) is 1. The van der Waals surface area contributed by atoms with Gasteiger partial charge in [0, 0.05) is 38.6 Å². The third-order valence-corrected chi connectivity index (χ3v) is 4.54. The van der Waals surface area contributed by atoms with Crippen molar-refractivity contribution < 1.29 is 17.9 Å². The lowest BCUT2D eigenvalue weighted by Gasteiger charge is -2.35. The van der Waals surface area contributed by atoms with Gasteiger partial charge in [0.05, 0.1) is 0 Å². The van der Waals surface area contributed by atoms with Crippen LogP contribution in [0.4, 0.5) is 13.2 Å². The molecule has 2 aromatic carbocycles. The second kappa shape index (κ2) is 8.56. The van der Waals surface area contributed by atoms with Crippen LogP contribution in [-0.4, -0.2) is 37.3 Å². The van der Waals surface area contributed by atoms with Gasteiger partial charge in [0.25, 0.3) is 0 Å². The number of nitrogens with zero attached hydrogens (tertiary/aromatic N) is 1. The summed E-state index contributed by atoms with van der Waals surface area (Å²) in [6, 6.07) is 16.6. The summed E-state index contributed by atoms with van der Waals surface area (Å²) in [6.07, 6.45) is -4.84. The number of hydrogen-bond donors (Lipinski definition) is 1. The zero-order valence-corrected chi connectivity index (χ0v) is 14.5. The van der Waals surface area contributed by atoms with Gasteiger partial charge in [0.1, 0.15) is 11.5 Å². The molecule has 0 aromatic heterocycles. The van der Waals surface area contributed by atoms with Gasteiger partial charge in [-0.25, -0.2) is 0 Å². The number of hydrogen-bond acceptors (Lipinski definition) is 3. The smallest absolute Gasteiger partial charge is 0.389 e. The third-order valence-electron chi connectivity index (χ3n) is 4.54. The SMILES string of the molecule is FC(F)(F)CC[C@H](c1ccc(Oc2ccccc2)cc1)N1CCNCC1. The molecule has 1 N–H and O–H groups in total. The molecule has 0 unspecified atom stereocenters. The molecule has 26 heavy (non-hydrogen) atoms. The van der Waals surface area contributed by atoms with Crippen molar-refractivity contribution in [3.63, 3.8) is 0 Å². The van der Waals surface area contributed by atoms with Crippen molar-refractivity contribution in [1.82, 2.24) is 10.2 Å². The second-order valence-electron chi connectivity index (χ2n) is 6.44. The molecule has 1 saturated heterocycles. The summed E-state index contributed by atoms with van der Waals surface area (Å²) in [4.78, 5) is 2.13. The van der Waals surface area contributed by atoms with Crippen molar-refractivity contribution in [3.8, 4) is 11.5 Å². The Morgan fingerprint density at radius 3 is 2.15 bits per heavy atom. The van der Waals surface area contributed by atoms with Crippen molar-refractivity contribution in [2.75, 3.05) is 26.2 Å². The van der Waals surface area contributed by atoms with Crippen molar-refractivity contribution >= 4 is 0 Å². The molecule has 0 amide bonds. The molecule has 0 spiro atoms. The van der Waals surface area contributed by atoms with Crippen LogP contribution in [0.25, 0.3) is 0 Å². The normalized spacial score (nSPS) is 17.0. The Kier molecular flexibility index (Phi) is 6.16. The van der Waals surface area contributed by atoms with Gasteiger partial charge in [-0.1, -0.05) is 30.3 Å². The highest BCUT2D eigenvalue weighted by molar-refractivity contribution is 5.34. The predicted molar refractivity (Wildman–Crippen MR) is 95.4 cm³/mol. The van der Waals surface area contributed by atoms with Gasteiger partial charge in [-0.2, -0.15) is 13.2 Å². The Labute approximate surface area is 151 Å². The number of benzene rings is 2. The summed E-state index contributed by atoms with van der Waals surface area (Å²) in [5.41, 5.74) is 0.900. The van der Waals surface area contributed by atoms with Crippen LogP contribution in [0.15, 0.2) is 54.6 Å². The minimum atomic E-state index is -4.14. The third kappa shape index (κ3) is 5.47. The summed E-state index contributed by atoms with van der Waals surface area (Å²) in [6.45, 7) is 3.12. The van der Waals surface area contributed by atoms with Crippen LogP contribution in [-0.2, 0) is 0 Å². The molecule has 1 fully saturated rings. The summed E-state index contributed by atoms with van der Waals surface area (Å²) in [7, 11) is 0. The van der Waals surface area contributed by atoms with Crippen LogP contribution >= 0.6 is 0 Å². The van der Waals surface area contributed by atoms with Crippen LogP contribution in [0.1, 0.15) is 24.4 Å². The lowest BCUT2D eigenvalue weighted by molar-refractivity contribution is -0.138. The van der Waals surface area contributed by atoms with Crippen LogP contribution < -0.4 is 10.1 Å². The molecule has 0 aliphatic carbocycles. The Balaban J connectivity index is 1.72. The Hall–Kier alpha value is -2.05. The van der Waals surface area contributed by atoms with Crippen LogP contribution in [0, 0.1) is 0 Å². The second-order valence-corrected chi connectivity index (χ2v) is 6.44. The first-order chi connectivity index (χ1) is 12.5. The van der Waals surface area contributed by atoms with Crippen molar-refractivity contribution in [2.45, 2.75) is 25.1 Å². The summed E-state index contributed by atoms with van der Waals surface area (Å²) in [5, 5.41) is 3.25. The first kappa shape index (κ1) is 18.7. The largest absolute Gasteiger partial charge is 0.457 e. The van der Waals surface area contributed by atoms with Crippen LogP contribution in [0.2, 0.25) is 0 Å². The lowest BCUT2D eigenvalue weighted by Crippen LogP contribution is -2.45. The van der Waals surface area contributed by atoms with Gasteiger partial charge < -0.3 is 10.1 Å². The number of halogens is 3. The van der Waals surface area contributed by atoms with Gasteiger partial charge in [0.2, 0.25) is 0 Å². The Morgan fingerprint density at radius 1 is 0.923 bits per heavy atom. The van der Waals surface area contributed by atoms with Gasteiger partial charge in [-0.15, -0.1) is 0 Å². The number of piperazine rings is 1. The molecule has 0 saturated carbocycles. The maximum Gasteiger partial charge on any atom is 0.389 e. The highest BCUT2D eigenvalue weighted by atomic mass is 19.4. The topological polar surface area (TPSA) is 24.5 Å². The van der Waals surface area contributed by atoms with E-state index in [0.29, 0.717) is 5.75 Å². The van der Waals surface area contributed by atoms with E-state index in [4.69, 9.17) is 4.74 Å². The first-order valence-electron chi connectivity index (χ1n) is 8.86. The molecule has 2 aromatic rings. The van der Waals surface area contributed by atoms with E-state index in [0.717, 1.165) is 37.5 Å². The Morgan fingerprint density at radius 2 is 1.54 bits per heavy atom. The van der Waals surface area contributed by atoms with E-state index in [9.17, 15) is 13.2 Å². The fraction of sp³-hybridized carbons (Fsp3) is 0.400. The molecule has 6 heteroatoms. The molecule has 1 heterocycles. The van der Waals surface area contributed by atoms with Gasteiger partial charge >= 0.3 is 6.18 Å². The molecule has 0 bridgehead atoms. The van der Waals surface area contributed by atoms with E-state index >= 15 is 0 Å². The lowest BCUT2D eigenvalue weighted by atomic mass is 9.99. The van der Waals surface area contributed by atoms with Gasteiger partial charge in [0.15, 0.2) is 0 Å². The first-order valence-corrected chi connectivity index (χ1v) is 8.86. The van der Waals surface area contributed by atoms with E-state index < -0.39 is 12.6 Å². The fourth-order valence-corrected chi connectivity index (χ4v) is 3.24. The number of para-hydroxylation sites is 1. The van der Waals surface area contributed by atoms with Crippen molar-refractivity contribution in [1.29, 1.82) is 0 Å². The number of nitrogens with one attached hydrogen (secondary N) is 1. The minimum absolute atomic E-state index is 0.0718. The quantitative estimate of drug-likeness (QED) is 0.799. The van der Waals surface area contributed by atoms with Crippen LogP contribution in [0.3, 0.4) is 0 Å². The molecule has 1 aliphatic rings. The molecule has 1 atom stereocenters. The monoisotopic (exact) mass is 364 g/mol. The maximum absolute atomic E-state index is 12.8. The van der Waals surface area contributed by atoms with E-state index in [1.807, 2.05) is 54.6 Å². The molecule has 140 valence electrons. The van der Waals surface area contributed by atoms with E-state index in [-0.39, 0.29) is 12.5 Å². The number of rotatable bonds is 6. The van der Waals surface area contributed by atoms with Crippen molar-refractivity contribution in [2.24, 2.45) is 0 Å². The average Bonchev–Trinajstić information content (AvgIpc) is 2.64. The van der Waals surface area contributed by atoms with Gasteiger partial charge in [-0.3, -0.25) is 4.90 Å². The van der Waals surface area contributed by atoms with E-state index in [1.165, 1.54) is 0 Å². The summed E-state index contributed by atoms with van der Waals surface area (Å²) >= 11 is 0. The Bertz CT molecular complexity index is 668. The molecule has 3 rings (SSSR count). The zero-order valence-electron chi connectivity index (χ0n) is 14.5. The highest BCUT2D eigenvalue weighted by Crippen LogP contribution is 2.33. The fourth-order valence-electron chi connectivity index (χ4n) is 3.24. The highest BCUT2D eigenvalue weighted by Gasteiger charge is 2.31. The van der Waals surface area contributed by atoms with Crippen LogP contribution in [0.5, 0.6) is 11.5 Å². The minimum Gasteiger partial charge on any atom is -0.457 e. The molecule has 3 nitrogen and oxygen atoms in total. The molecule has 0 radical (unpaired) electrons. The maximum atomic E-state index is 12.8. The summed E-state index contributed by atoms with van der Waals surface area (Å²) in [5.74, 6) is 1.41. The van der Waals surface area contributed by atoms with E-state index in [1.54, 1.807) is 0 Å². The van der Waals surface area contributed by atoms with Crippen molar-refractivity contribution in [3.05, 3.63) is 60.2 Å².